The number of guanidine groups is 1. The molecule has 1 unspecified atom stereocenters. The van der Waals surface area contributed by atoms with Gasteiger partial charge in [-0.05, 0) is 23.6 Å². The zero-order valence-corrected chi connectivity index (χ0v) is 14.9. The lowest BCUT2D eigenvalue weighted by Gasteiger charge is -2.19. The van der Waals surface area contributed by atoms with Gasteiger partial charge >= 0.3 is 0 Å². The van der Waals surface area contributed by atoms with E-state index in [4.69, 9.17) is 20.6 Å². The number of benzene rings is 2. The number of methoxy groups -OCH3 is 2. The molecule has 1 atom stereocenters. The highest BCUT2D eigenvalue weighted by Gasteiger charge is 2.24. The summed E-state index contributed by atoms with van der Waals surface area (Å²) in [6.07, 6.45) is 0.392. The number of hydrogen-bond acceptors (Lipinski definition) is 4. The number of nitrogens with one attached hydrogen (secondary N) is 2. The van der Waals surface area contributed by atoms with Crippen LogP contribution in [0.4, 0.5) is 0 Å². The molecule has 1 amide bonds. The molecule has 134 valence electrons. The lowest BCUT2D eigenvalue weighted by Crippen LogP contribution is -2.39. The van der Waals surface area contributed by atoms with E-state index in [1.54, 1.807) is 20.3 Å². The Morgan fingerprint density at radius 2 is 1.80 bits per heavy atom. The van der Waals surface area contributed by atoms with Crippen molar-refractivity contribution in [2.45, 2.75) is 12.3 Å². The summed E-state index contributed by atoms with van der Waals surface area (Å²) in [5.41, 5.74) is 6.98. The molecular weight excluding hydrogens is 342 g/mol. The number of hydrogen-bond donors (Lipinski definition) is 3. The molecule has 2 aromatic carbocycles. The number of para-hydroxylation sites is 1. The fourth-order valence-corrected chi connectivity index (χ4v) is 2.60. The number of carbonyl (C=O) groups excluding carboxylic acids is 1. The smallest absolute Gasteiger partial charge is 0.234 e. The first kappa shape index (κ1) is 20.3. The summed E-state index contributed by atoms with van der Waals surface area (Å²) in [4.78, 5) is 12.5. The van der Waals surface area contributed by atoms with Gasteiger partial charge in [0.05, 0.1) is 20.1 Å². The maximum Gasteiger partial charge on any atom is 0.234 e. The molecule has 6 nitrogen and oxygen atoms in total. The van der Waals surface area contributed by atoms with E-state index in [1.165, 1.54) is 0 Å². The van der Waals surface area contributed by atoms with Crippen LogP contribution in [0.2, 0.25) is 0 Å². The topological polar surface area (TPSA) is 97.4 Å². The van der Waals surface area contributed by atoms with Gasteiger partial charge in [0.15, 0.2) is 17.5 Å². The average molecular weight is 364 g/mol. The number of amides is 1. The van der Waals surface area contributed by atoms with Gasteiger partial charge in [0, 0.05) is 0 Å². The molecule has 0 radical (unpaired) electrons. The van der Waals surface area contributed by atoms with Crippen LogP contribution in [0.15, 0.2) is 48.5 Å². The summed E-state index contributed by atoms with van der Waals surface area (Å²) in [6.45, 7) is 0. The molecule has 0 spiro atoms. The highest BCUT2D eigenvalue weighted by Crippen LogP contribution is 2.34. The van der Waals surface area contributed by atoms with Gasteiger partial charge in [-0.3, -0.25) is 15.5 Å². The molecule has 0 aliphatic heterocycles. The molecule has 2 rings (SSSR count). The van der Waals surface area contributed by atoms with Gasteiger partial charge < -0.3 is 15.2 Å². The van der Waals surface area contributed by atoms with E-state index in [0.29, 0.717) is 17.9 Å². The fraction of sp³-hybridized carbons (Fsp3) is 0.222. The summed E-state index contributed by atoms with van der Waals surface area (Å²) < 4.78 is 10.8. The van der Waals surface area contributed by atoms with Crippen molar-refractivity contribution in [1.82, 2.24) is 5.32 Å². The Morgan fingerprint density at radius 1 is 1.12 bits per heavy atom. The highest BCUT2D eigenvalue weighted by atomic mass is 35.5. The van der Waals surface area contributed by atoms with Gasteiger partial charge in [0.2, 0.25) is 5.91 Å². The standard InChI is InChI=1S/C18H21N3O3.ClH/c1-23-15-10-6-9-13(16(15)24-2)11-14(17(22)21-18(19)20)12-7-4-3-5-8-12;/h3-10,14H,11H2,1-2H3,(H4,19,20,21,22);1H. The Bertz CT molecular complexity index is 723. The monoisotopic (exact) mass is 363 g/mol. The molecule has 0 saturated carbocycles. The number of halogens is 1. The van der Waals surface area contributed by atoms with Gasteiger partial charge in [-0.15, -0.1) is 12.4 Å². The maximum atomic E-state index is 12.5. The third kappa shape index (κ3) is 5.12. The van der Waals surface area contributed by atoms with Crippen LogP contribution in [0.1, 0.15) is 17.0 Å². The van der Waals surface area contributed by atoms with Gasteiger partial charge in [0.25, 0.3) is 0 Å². The summed E-state index contributed by atoms with van der Waals surface area (Å²) in [6, 6.07) is 14.9. The number of rotatable bonds is 6. The Balaban J connectivity index is 0.00000312. The van der Waals surface area contributed by atoms with Gasteiger partial charge in [0.1, 0.15) is 0 Å². The van der Waals surface area contributed by atoms with Crippen LogP contribution in [-0.4, -0.2) is 26.1 Å². The van der Waals surface area contributed by atoms with E-state index in [0.717, 1.165) is 11.1 Å². The van der Waals surface area contributed by atoms with Crippen LogP contribution in [0.5, 0.6) is 11.5 Å². The SMILES string of the molecule is COc1cccc(CC(C(=O)NC(=N)N)c2ccccc2)c1OC.Cl. The number of nitrogens with two attached hydrogens (primary N) is 1. The quantitative estimate of drug-likeness (QED) is 0.542. The van der Waals surface area contributed by atoms with Crippen molar-refractivity contribution < 1.29 is 14.3 Å². The normalized spacial score (nSPS) is 11.0. The van der Waals surface area contributed by atoms with Crippen molar-refractivity contribution in [2.75, 3.05) is 14.2 Å². The largest absolute Gasteiger partial charge is 0.493 e. The lowest BCUT2D eigenvalue weighted by molar-refractivity contribution is -0.121. The highest BCUT2D eigenvalue weighted by molar-refractivity contribution is 5.98. The summed E-state index contributed by atoms with van der Waals surface area (Å²) >= 11 is 0. The Labute approximate surface area is 153 Å². The molecule has 0 saturated heterocycles. The van der Waals surface area contributed by atoms with E-state index in [1.807, 2.05) is 42.5 Å². The zero-order valence-electron chi connectivity index (χ0n) is 14.1. The van der Waals surface area contributed by atoms with E-state index in [-0.39, 0.29) is 24.3 Å². The van der Waals surface area contributed by atoms with Crippen LogP contribution >= 0.6 is 12.4 Å². The Kier molecular flexibility index (Phi) is 7.75. The van der Waals surface area contributed by atoms with Gasteiger partial charge in [-0.2, -0.15) is 0 Å². The van der Waals surface area contributed by atoms with Crippen molar-refractivity contribution in [3.05, 3.63) is 59.7 Å². The predicted molar refractivity (Wildman–Crippen MR) is 99.7 cm³/mol. The van der Waals surface area contributed by atoms with Crippen LogP contribution in [0.25, 0.3) is 0 Å². The fourth-order valence-electron chi connectivity index (χ4n) is 2.60. The van der Waals surface area contributed by atoms with E-state index in [2.05, 4.69) is 5.32 Å². The molecule has 2 aromatic rings. The predicted octanol–water partition coefficient (Wildman–Crippen LogP) is 2.46. The molecule has 0 fully saturated rings. The van der Waals surface area contributed by atoms with Crippen molar-refractivity contribution in [1.29, 1.82) is 5.41 Å². The van der Waals surface area contributed by atoms with E-state index < -0.39 is 5.92 Å². The van der Waals surface area contributed by atoms with E-state index >= 15 is 0 Å². The molecule has 0 aliphatic carbocycles. The van der Waals surface area contributed by atoms with Crippen molar-refractivity contribution >= 4 is 24.3 Å². The minimum absolute atomic E-state index is 0. The molecule has 0 heterocycles. The Hall–Kier alpha value is -2.73. The number of carbonyl (C=O) groups is 1. The average Bonchev–Trinajstić information content (AvgIpc) is 2.59. The third-order valence-corrected chi connectivity index (χ3v) is 3.68. The molecule has 0 aliphatic rings. The second-order valence-corrected chi connectivity index (χ2v) is 5.22. The second-order valence-electron chi connectivity index (χ2n) is 5.22. The molecule has 0 bridgehead atoms. The van der Waals surface area contributed by atoms with E-state index in [9.17, 15) is 4.79 Å². The van der Waals surface area contributed by atoms with Crippen LogP contribution in [0, 0.1) is 5.41 Å². The number of ether oxygens (including phenoxy) is 2. The minimum atomic E-state index is -0.504. The van der Waals surface area contributed by atoms with Crippen molar-refractivity contribution in [3.63, 3.8) is 0 Å². The summed E-state index contributed by atoms with van der Waals surface area (Å²) in [5, 5.41) is 9.68. The summed E-state index contributed by atoms with van der Waals surface area (Å²) in [7, 11) is 3.13. The zero-order chi connectivity index (χ0) is 17.5. The molecule has 4 N–H and O–H groups in total. The molecule has 0 aromatic heterocycles. The minimum Gasteiger partial charge on any atom is -0.493 e. The third-order valence-electron chi connectivity index (χ3n) is 3.68. The maximum absolute atomic E-state index is 12.5. The first-order chi connectivity index (χ1) is 11.6. The lowest BCUT2D eigenvalue weighted by atomic mass is 9.90. The van der Waals surface area contributed by atoms with Crippen molar-refractivity contribution in [3.8, 4) is 11.5 Å². The summed E-state index contributed by atoms with van der Waals surface area (Å²) in [5.74, 6) is -0.0152. The van der Waals surface area contributed by atoms with Crippen molar-refractivity contribution in [2.24, 2.45) is 5.73 Å². The second kappa shape index (κ2) is 9.54. The van der Waals surface area contributed by atoms with Gasteiger partial charge in [-0.25, -0.2) is 0 Å². The molecule has 25 heavy (non-hydrogen) atoms. The first-order valence-electron chi connectivity index (χ1n) is 7.46. The molecule has 7 heteroatoms. The van der Waals surface area contributed by atoms with Crippen LogP contribution < -0.4 is 20.5 Å². The van der Waals surface area contributed by atoms with Gasteiger partial charge in [-0.1, -0.05) is 42.5 Å². The first-order valence-corrected chi connectivity index (χ1v) is 7.46. The van der Waals surface area contributed by atoms with Crippen LogP contribution in [-0.2, 0) is 11.2 Å². The van der Waals surface area contributed by atoms with Crippen LogP contribution in [0.3, 0.4) is 0 Å². The Morgan fingerprint density at radius 3 is 2.36 bits per heavy atom. The molecular formula is C18H22ClN3O3.